The van der Waals surface area contributed by atoms with Crippen LogP contribution in [0.15, 0.2) is 35.1 Å². The average Bonchev–Trinajstić information content (AvgIpc) is 2.93. The van der Waals surface area contributed by atoms with E-state index in [9.17, 15) is 0 Å². The topological polar surface area (TPSA) is 60.2 Å². The van der Waals surface area contributed by atoms with Crippen molar-refractivity contribution in [1.82, 2.24) is 15.5 Å². The highest BCUT2D eigenvalue weighted by atomic mass is 16.5. The van der Waals surface area contributed by atoms with E-state index in [1.54, 1.807) is 0 Å². The van der Waals surface area contributed by atoms with E-state index in [2.05, 4.69) is 28.4 Å². The molecular formula is C14H19N3O2. The second-order valence-electron chi connectivity index (χ2n) is 4.23. The molecule has 0 spiro atoms. The van der Waals surface area contributed by atoms with Crippen LogP contribution in [0, 0.1) is 0 Å². The molecule has 2 aromatic rings. The summed E-state index contributed by atoms with van der Waals surface area (Å²) in [7, 11) is 0. The number of nitrogens with one attached hydrogen (secondary N) is 1. The Morgan fingerprint density at radius 2 is 2.21 bits per heavy atom. The van der Waals surface area contributed by atoms with Gasteiger partial charge < -0.3 is 14.6 Å². The summed E-state index contributed by atoms with van der Waals surface area (Å²) in [6.07, 6.45) is 2.14. The Morgan fingerprint density at radius 3 is 2.95 bits per heavy atom. The number of hydrogen-bond donors (Lipinski definition) is 1. The summed E-state index contributed by atoms with van der Waals surface area (Å²) in [5, 5.41) is 7.01. The number of ether oxygens (including phenoxy) is 1. The highest BCUT2D eigenvalue weighted by molar-refractivity contribution is 5.35. The maximum atomic E-state index is 5.63. The molecule has 1 atom stereocenters. The molecule has 19 heavy (non-hydrogen) atoms. The fourth-order valence-corrected chi connectivity index (χ4v) is 1.94. The minimum atomic E-state index is 0.214. The summed E-state index contributed by atoms with van der Waals surface area (Å²) in [5.41, 5.74) is 1.16. The number of rotatable bonds is 7. The lowest BCUT2D eigenvalue weighted by Gasteiger charge is -2.17. The van der Waals surface area contributed by atoms with Gasteiger partial charge in [-0.15, -0.1) is 0 Å². The van der Waals surface area contributed by atoms with Crippen LogP contribution in [0.5, 0.6) is 5.75 Å². The first kappa shape index (κ1) is 13.5. The zero-order chi connectivity index (χ0) is 13.5. The Hall–Kier alpha value is -1.88. The third-order valence-corrected chi connectivity index (χ3v) is 2.88. The predicted molar refractivity (Wildman–Crippen MR) is 72.0 cm³/mol. The standard InChI is InChI=1S/C14H19N3O2/c1-3-18-13-7-5-4-6-12(13)11(2)15-9-8-14-16-10-17-19-14/h4-7,10-11,15H,3,8-9H2,1-2H3. The van der Waals surface area contributed by atoms with E-state index in [0.29, 0.717) is 12.5 Å². The Labute approximate surface area is 113 Å². The van der Waals surface area contributed by atoms with Crippen LogP contribution < -0.4 is 10.1 Å². The fraction of sp³-hybridized carbons (Fsp3) is 0.429. The molecule has 2 rings (SSSR count). The monoisotopic (exact) mass is 261 g/mol. The molecule has 5 heteroatoms. The molecule has 5 nitrogen and oxygen atoms in total. The lowest BCUT2D eigenvalue weighted by atomic mass is 10.1. The van der Waals surface area contributed by atoms with Gasteiger partial charge in [0.1, 0.15) is 5.75 Å². The van der Waals surface area contributed by atoms with Crippen molar-refractivity contribution in [3.8, 4) is 5.75 Å². The van der Waals surface area contributed by atoms with Crippen LogP contribution in [0.4, 0.5) is 0 Å². The summed E-state index contributed by atoms with van der Waals surface area (Å²) in [6, 6.07) is 8.29. The minimum Gasteiger partial charge on any atom is -0.494 e. The lowest BCUT2D eigenvalue weighted by molar-refractivity contribution is 0.331. The van der Waals surface area contributed by atoms with E-state index < -0.39 is 0 Å². The Balaban J connectivity index is 1.90. The van der Waals surface area contributed by atoms with E-state index in [1.165, 1.54) is 6.33 Å². The Kier molecular flexibility index (Phi) is 4.92. The highest BCUT2D eigenvalue weighted by Crippen LogP contribution is 2.24. The summed E-state index contributed by atoms with van der Waals surface area (Å²) in [4.78, 5) is 3.99. The van der Waals surface area contributed by atoms with E-state index in [4.69, 9.17) is 9.26 Å². The van der Waals surface area contributed by atoms with Gasteiger partial charge in [-0.3, -0.25) is 0 Å². The first-order valence-electron chi connectivity index (χ1n) is 6.52. The maximum Gasteiger partial charge on any atom is 0.227 e. The highest BCUT2D eigenvalue weighted by Gasteiger charge is 2.10. The van der Waals surface area contributed by atoms with Gasteiger partial charge in [-0.05, 0) is 19.9 Å². The van der Waals surface area contributed by atoms with Gasteiger partial charge in [-0.2, -0.15) is 4.98 Å². The van der Waals surface area contributed by atoms with Crippen molar-refractivity contribution >= 4 is 0 Å². The van der Waals surface area contributed by atoms with Crippen LogP contribution in [-0.4, -0.2) is 23.3 Å². The number of hydrogen-bond acceptors (Lipinski definition) is 5. The SMILES string of the molecule is CCOc1ccccc1C(C)NCCc1ncno1. The van der Waals surface area contributed by atoms with Crippen LogP contribution in [0.3, 0.4) is 0 Å². The van der Waals surface area contributed by atoms with Crippen LogP contribution in [0.25, 0.3) is 0 Å². The third-order valence-electron chi connectivity index (χ3n) is 2.88. The summed E-state index contributed by atoms with van der Waals surface area (Å²) in [5.74, 6) is 1.58. The molecule has 1 N–H and O–H groups in total. The predicted octanol–water partition coefficient (Wildman–Crippen LogP) is 2.36. The van der Waals surface area contributed by atoms with Gasteiger partial charge in [0.25, 0.3) is 0 Å². The molecule has 1 aromatic carbocycles. The molecule has 0 amide bonds. The summed E-state index contributed by atoms with van der Waals surface area (Å²) >= 11 is 0. The maximum absolute atomic E-state index is 5.63. The lowest BCUT2D eigenvalue weighted by Crippen LogP contribution is -2.22. The largest absolute Gasteiger partial charge is 0.494 e. The van der Waals surface area contributed by atoms with Crippen molar-refractivity contribution in [2.24, 2.45) is 0 Å². The van der Waals surface area contributed by atoms with Gasteiger partial charge in [-0.25, -0.2) is 0 Å². The third kappa shape index (κ3) is 3.79. The molecule has 0 radical (unpaired) electrons. The Bertz CT molecular complexity index is 485. The molecule has 0 aliphatic rings. The number of nitrogens with zero attached hydrogens (tertiary/aromatic N) is 2. The molecule has 0 aliphatic heterocycles. The van der Waals surface area contributed by atoms with Crippen molar-refractivity contribution in [1.29, 1.82) is 0 Å². The van der Waals surface area contributed by atoms with Crippen molar-refractivity contribution in [2.75, 3.05) is 13.2 Å². The first-order chi connectivity index (χ1) is 9.31. The van der Waals surface area contributed by atoms with E-state index in [-0.39, 0.29) is 6.04 Å². The number of benzene rings is 1. The normalized spacial score (nSPS) is 12.3. The second kappa shape index (κ2) is 6.89. The molecule has 1 aromatic heterocycles. The second-order valence-corrected chi connectivity index (χ2v) is 4.23. The van der Waals surface area contributed by atoms with Gasteiger partial charge in [0.2, 0.25) is 5.89 Å². The van der Waals surface area contributed by atoms with Gasteiger partial charge >= 0.3 is 0 Å². The van der Waals surface area contributed by atoms with Crippen molar-refractivity contribution < 1.29 is 9.26 Å². The van der Waals surface area contributed by atoms with Gasteiger partial charge in [0.15, 0.2) is 6.33 Å². The molecule has 1 unspecified atom stereocenters. The first-order valence-corrected chi connectivity index (χ1v) is 6.52. The van der Waals surface area contributed by atoms with E-state index in [0.717, 1.165) is 24.3 Å². The summed E-state index contributed by atoms with van der Waals surface area (Å²) in [6.45, 7) is 5.56. The van der Waals surface area contributed by atoms with Crippen LogP contribution in [-0.2, 0) is 6.42 Å². The Morgan fingerprint density at radius 1 is 1.37 bits per heavy atom. The van der Waals surface area contributed by atoms with Crippen LogP contribution >= 0.6 is 0 Å². The molecule has 102 valence electrons. The molecule has 1 heterocycles. The molecule has 0 aliphatic carbocycles. The van der Waals surface area contributed by atoms with Crippen LogP contribution in [0.1, 0.15) is 31.3 Å². The van der Waals surface area contributed by atoms with E-state index in [1.807, 2.05) is 25.1 Å². The van der Waals surface area contributed by atoms with Gasteiger partial charge in [0.05, 0.1) is 6.61 Å². The average molecular weight is 261 g/mol. The zero-order valence-corrected chi connectivity index (χ0v) is 11.3. The number of aromatic nitrogens is 2. The van der Waals surface area contributed by atoms with E-state index >= 15 is 0 Å². The molecule has 0 fully saturated rings. The van der Waals surface area contributed by atoms with Crippen molar-refractivity contribution in [2.45, 2.75) is 26.3 Å². The van der Waals surface area contributed by atoms with Gasteiger partial charge in [-0.1, -0.05) is 23.4 Å². The fourth-order valence-electron chi connectivity index (χ4n) is 1.94. The molecule has 0 bridgehead atoms. The molecular weight excluding hydrogens is 242 g/mol. The van der Waals surface area contributed by atoms with Gasteiger partial charge in [0, 0.05) is 24.6 Å². The minimum absolute atomic E-state index is 0.214. The van der Waals surface area contributed by atoms with Crippen molar-refractivity contribution in [3.63, 3.8) is 0 Å². The summed E-state index contributed by atoms with van der Waals surface area (Å²) < 4.78 is 10.6. The zero-order valence-electron chi connectivity index (χ0n) is 11.3. The molecule has 0 saturated heterocycles. The number of para-hydroxylation sites is 1. The molecule has 0 saturated carbocycles. The smallest absolute Gasteiger partial charge is 0.227 e. The van der Waals surface area contributed by atoms with Crippen LogP contribution in [0.2, 0.25) is 0 Å². The quantitative estimate of drug-likeness (QED) is 0.829. The van der Waals surface area contributed by atoms with Crippen molar-refractivity contribution in [3.05, 3.63) is 42.0 Å².